The van der Waals surface area contributed by atoms with Crippen molar-refractivity contribution in [2.24, 2.45) is 0 Å². The Morgan fingerprint density at radius 2 is 2.09 bits per heavy atom. The summed E-state index contributed by atoms with van der Waals surface area (Å²) in [6.45, 7) is 4.26. The van der Waals surface area contributed by atoms with Gasteiger partial charge in [-0.2, -0.15) is 0 Å². The van der Waals surface area contributed by atoms with E-state index < -0.39 is 24.0 Å². The molecule has 6 heteroatoms. The first-order valence-corrected chi connectivity index (χ1v) is 7.21. The lowest BCUT2D eigenvalue weighted by Gasteiger charge is -2.17. The van der Waals surface area contributed by atoms with Crippen LogP contribution < -0.4 is 10.1 Å². The monoisotopic (exact) mass is 307 g/mol. The summed E-state index contributed by atoms with van der Waals surface area (Å²) in [5.74, 6) is -0.783. The molecule has 2 rings (SSSR count). The van der Waals surface area contributed by atoms with E-state index in [9.17, 15) is 9.59 Å². The number of nitrogens with one attached hydrogen (secondary N) is 1. The Bertz CT molecular complexity index is 553. The van der Waals surface area contributed by atoms with Crippen LogP contribution >= 0.6 is 0 Å². The van der Waals surface area contributed by atoms with Gasteiger partial charge in [-0.15, -0.1) is 0 Å². The third-order valence-corrected chi connectivity index (χ3v) is 3.87. The third-order valence-electron chi connectivity index (χ3n) is 3.87. The summed E-state index contributed by atoms with van der Waals surface area (Å²) in [7, 11) is 1.49. The van der Waals surface area contributed by atoms with Gasteiger partial charge in [0.2, 0.25) is 0 Å². The molecule has 1 aliphatic heterocycles. The molecule has 22 heavy (non-hydrogen) atoms. The van der Waals surface area contributed by atoms with Gasteiger partial charge in [-0.25, -0.2) is 4.79 Å². The topological polar surface area (TPSA) is 84.9 Å². The van der Waals surface area contributed by atoms with E-state index in [1.807, 2.05) is 26.0 Å². The number of benzene rings is 1. The first kappa shape index (κ1) is 16.3. The smallest absolute Gasteiger partial charge is 0.326 e. The average molecular weight is 307 g/mol. The molecule has 1 amide bonds. The highest BCUT2D eigenvalue weighted by molar-refractivity contribution is 5.87. The summed E-state index contributed by atoms with van der Waals surface area (Å²) in [4.78, 5) is 23.4. The minimum Gasteiger partial charge on any atom is -0.480 e. The lowest BCUT2D eigenvalue weighted by atomic mass is 10.0. The number of amides is 1. The van der Waals surface area contributed by atoms with Crippen molar-refractivity contribution in [1.29, 1.82) is 0 Å². The predicted molar refractivity (Wildman–Crippen MR) is 80.1 cm³/mol. The molecule has 0 aromatic heterocycles. The number of aliphatic carboxylic acids is 1. The van der Waals surface area contributed by atoms with Gasteiger partial charge in [-0.3, -0.25) is 4.79 Å². The van der Waals surface area contributed by atoms with Crippen molar-refractivity contribution in [3.8, 4) is 5.75 Å². The molecule has 1 aliphatic rings. The number of rotatable bonds is 6. The van der Waals surface area contributed by atoms with Gasteiger partial charge in [0.05, 0.1) is 0 Å². The second-order valence-corrected chi connectivity index (χ2v) is 5.54. The van der Waals surface area contributed by atoms with Crippen molar-refractivity contribution in [2.75, 3.05) is 13.7 Å². The second-order valence-electron chi connectivity index (χ2n) is 5.54. The number of carbonyl (C=O) groups excluding carboxylic acids is 1. The Hall–Kier alpha value is -2.08. The minimum atomic E-state index is -1.08. The second kappa shape index (κ2) is 6.79. The van der Waals surface area contributed by atoms with Crippen LogP contribution in [0.25, 0.3) is 0 Å². The first-order valence-electron chi connectivity index (χ1n) is 7.21. The van der Waals surface area contributed by atoms with Crippen molar-refractivity contribution in [1.82, 2.24) is 5.32 Å². The number of aryl methyl sites for hydroxylation is 2. The molecule has 120 valence electrons. The van der Waals surface area contributed by atoms with Crippen LogP contribution in [0.4, 0.5) is 0 Å². The number of hydrogen-bond donors (Lipinski definition) is 2. The highest BCUT2D eigenvalue weighted by atomic mass is 16.5. The number of ether oxygens (including phenoxy) is 2. The van der Waals surface area contributed by atoms with Crippen molar-refractivity contribution in [3.63, 3.8) is 0 Å². The van der Waals surface area contributed by atoms with E-state index >= 15 is 0 Å². The lowest BCUT2D eigenvalue weighted by Crippen LogP contribution is -2.47. The van der Waals surface area contributed by atoms with E-state index in [1.54, 1.807) is 0 Å². The van der Waals surface area contributed by atoms with Crippen LogP contribution in [-0.4, -0.2) is 42.8 Å². The number of methoxy groups -OCH3 is 1. The van der Waals surface area contributed by atoms with Crippen LogP contribution in [0.2, 0.25) is 0 Å². The highest BCUT2D eigenvalue weighted by Crippen LogP contribution is 2.31. The maximum Gasteiger partial charge on any atom is 0.326 e. The van der Waals surface area contributed by atoms with Crippen molar-refractivity contribution < 1.29 is 24.2 Å². The Kier molecular flexibility index (Phi) is 5.03. The zero-order valence-electron chi connectivity index (χ0n) is 13.0. The summed E-state index contributed by atoms with van der Waals surface area (Å²) < 4.78 is 10.5. The van der Waals surface area contributed by atoms with E-state index in [2.05, 4.69) is 5.32 Å². The molecule has 1 aromatic carbocycles. The van der Waals surface area contributed by atoms with Crippen LogP contribution in [-0.2, 0) is 20.7 Å². The summed E-state index contributed by atoms with van der Waals surface area (Å²) in [6.07, 6.45) is -0.00504. The SMILES string of the molecule is COCCC(NC(=O)C1Cc2cc(C)c(C)cc2O1)C(=O)O. The van der Waals surface area contributed by atoms with Gasteiger partial charge >= 0.3 is 5.97 Å². The van der Waals surface area contributed by atoms with Crippen molar-refractivity contribution >= 4 is 11.9 Å². The van der Waals surface area contributed by atoms with E-state index in [0.717, 1.165) is 16.7 Å². The Labute approximate surface area is 129 Å². The zero-order chi connectivity index (χ0) is 16.3. The highest BCUT2D eigenvalue weighted by Gasteiger charge is 2.32. The number of carbonyl (C=O) groups is 2. The summed E-state index contributed by atoms with van der Waals surface area (Å²) in [5, 5.41) is 11.6. The number of hydrogen-bond acceptors (Lipinski definition) is 4. The van der Waals surface area contributed by atoms with Gasteiger partial charge in [-0.1, -0.05) is 6.07 Å². The quantitative estimate of drug-likeness (QED) is 0.825. The maximum absolute atomic E-state index is 12.2. The van der Waals surface area contributed by atoms with Gasteiger partial charge < -0.3 is 19.9 Å². The summed E-state index contributed by atoms with van der Waals surface area (Å²) in [6, 6.07) is 2.96. The maximum atomic E-state index is 12.2. The molecule has 1 heterocycles. The molecule has 0 radical (unpaired) electrons. The van der Waals surface area contributed by atoms with Crippen LogP contribution in [0.5, 0.6) is 5.75 Å². The fourth-order valence-electron chi connectivity index (χ4n) is 2.42. The Morgan fingerprint density at radius 3 is 2.73 bits per heavy atom. The van der Waals surface area contributed by atoms with Crippen molar-refractivity contribution in [3.05, 3.63) is 28.8 Å². The fraction of sp³-hybridized carbons (Fsp3) is 0.500. The van der Waals surface area contributed by atoms with Gasteiger partial charge in [0.25, 0.3) is 5.91 Å². The predicted octanol–water partition coefficient (Wildman–Crippen LogP) is 1.21. The van der Waals surface area contributed by atoms with Gasteiger partial charge in [0, 0.05) is 26.6 Å². The average Bonchev–Trinajstić information content (AvgIpc) is 2.86. The molecule has 0 saturated carbocycles. The van der Waals surface area contributed by atoms with Crippen molar-refractivity contribution in [2.45, 2.75) is 38.8 Å². The Morgan fingerprint density at radius 1 is 1.41 bits per heavy atom. The van der Waals surface area contributed by atoms with Gasteiger partial charge in [0.15, 0.2) is 6.10 Å². The molecule has 1 aromatic rings. The van der Waals surface area contributed by atoms with E-state index in [-0.39, 0.29) is 13.0 Å². The molecule has 2 unspecified atom stereocenters. The van der Waals surface area contributed by atoms with E-state index in [4.69, 9.17) is 14.6 Å². The molecule has 0 spiro atoms. The van der Waals surface area contributed by atoms with E-state index in [1.165, 1.54) is 7.11 Å². The van der Waals surface area contributed by atoms with Crippen LogP contribution in [0, 0.1) is 13.8 Å². The number of fused-ring (bicyclic) bond motifs is 1. The van der Waals surface area contributed by atoms with E-state index in [0.29, 0.717) is 12.2 Å². The van der Waals surface area contributed by atoms with Crippen LogP contribution in [0.3, 0.4) is 0 Å². The number of carboxylic acid groups (broad SMARTS) is 1. The minimum absolute atomic E-state index is 0.218. The fourth-order valence-corrected chi connectivity index (χ4v) is 2.42. The molecular formula is C16H21NO5. The molecule has 0 fully saturated rings. The standard InChI is InChI=1S/C16H21NO5/c1-9-6-11-8-14(22-13(11)7-10(9)2)15(18)17-12(16(19)20)4-5-21-3/h6-7,12,14H,4-5,8H2,1-3H3,(H,17,18)(H,19,20). The molecular weight excluding hydrogens is 286 g/mol. The molecule has 0 saturated heterocycles. The number of carboxylic acids is 1. The molecule has 0 aliphatic carbocycles. The molecule has 6 nitrogen and oxygen atoms in total. The van der Waals surface area contributed by atoms with Crippen LogP contribution in [0.1, 0.15) is 23.1 Å². The Balaban J connectivity index is 2.01. The largest absolute Gasteiger partial charge is 0.480 e. The zero-order valence-corrected chi connectivity index (χ0v) is 13.0. The van der Waals surface area contributed by atoms with Gasteiger partial charge in [-0.05, 0) is 36.6 Å². The molecule has 2 N–H and O–H groups in total. The third kappa shape index (κ3) is 3.57. The van der Waals surface area contributed by atoms with Gasteiger partial charge in [0.1, 0.15) is 11.8 Å². The summed E-state index contributed by atoms with van der Waals surface area (Å²) >= 11 is 0. The first-order chi connectivity index (χ1) is 10.4. The normalized spacial score (nSPS) is 17.5. The van der Waals surface area contributed by atoms with Crippen LogP contribution in [0.15, 0.2) is 12.1 Å². The molecule has 2 atom stereocenters. The lowest BCUT2D eigenvalue weighted by molar-refractivity contribution is -0.143. The molecule has 0 bridgehead atoms. The summed E-state index contributed by atoms with van der Waals surface area (Å²) in [5.41, 5.74) is 3.22.